The predicted molar refractivity (Wildman–Crippen MR) is 72.2 cm³/mol. The van der Waals surface area contributed by atoms with Crippen molar-refractivity contribution in [2.45, 2.75) is 57.1 Å². The summed E-state index contributed by atoms with van der Waals surface area (Å²) in [4.78, 5) is 2.78. The molecule has 100 valence electrons. The van der Waals surface area contributed by atoms with Crippen molar-refractivity contribution in [1.82, 2.24) is 4.90 Å². The maximum atomic E-state index is 10.6. The van der Waals surface area contributed by atoms with Crippen molar-refractivity contribution < 1.29 is 5.11 Å². The summed E-state index contributed by atoms with van der Waals surface area (Å²) in [5.74, 6) is 2.05. The van der Waals surface area contributed by atoms with Crippen LogP contribution in [0.4, 0.5) is 0 Å². The summed E-state index contributed by atoms with van der Waals surface area (Å²) < 4.78 is 0. The lowest BCUT2D eigenvalue weighted by Gasteiger charge is -2.66. The summed E-state index contributed by atoms with van der Waals surface area (Å²) in [6.45, 7) is 4.87. The summed E-state index contributed by atoms with van der Waals surface area (Å²) in [5, 5.41) is 10.6. The maximum Gasteiger partial charge on any atom is 0.0592 e. The number of allylic oxidation sites excluding steroid dienone is 1. The number of rotatable bonds is 0. The minimum absolute atomic E-state index is 0.0449. The second-order valence-corrected chi connectivity index (χ2v) is 7.13. The highest BCUT2D eigenvalue weighted by atomic mass is 16.3. The van der Waals surface area contributed by atoms with E-state index in [4.69, 9.17) is 0 Å². The van der Waals surface area contributed by atoms with E-state index in [9.17, 15) is 5.11 Å². The van der Waals surface area contributed by atoms with Gasteiger partial charge in [-0.15, -0.1) is 0 Å². The summed E-state index contributed by atoms with van der Waals surface area (Å²) in [5.41, 5.74) is 1.93. The van der Waals surface area contributed by atoms with Crippen LogP contribution in [0.5, 0.6) is 0 Å². The van der Waals surface area contributed by atoms with Crippen LogP contribution in [0.3, 0.4) is 0 Å². The Morgan fingerprint density at radius 1 is 1.22 bits per heavy atom. The SMILES string of the molecule is CC1=CC2CC(O)C3CCCN4CCCC2C34C1. The van der Waals surface area contributed by atoms with Gasteiger partial charge in [0.1, 0.15) is 0 Å². The van der Waals surface area contributed by atoms with Gasteiger partial charge in [0.25, 0.3) is 0 Å². The molecule has 5 atom stereocenters. The fourth-order valence-electron chi connectivity index (χ4n) is 5.92. The van der Waals surface area contributed by atoms with Crippen LogP contribution in [0.2, 0.25) is 0 Å². The van der Waals surface area contributed by atoms with Crippen LogP contribution in [0.25, 0.3) is 0 Å². The third kappa shape index (κ3) is 1.31. The molecule has 0 aromatic carbocycles. The van der Waals surface area contributed by atoms with E-state index in [2.05, 4.69) is 17.9 Å². The molecule has 1 spiro atoms. The molecule has 2 bridgehead atoms. The molecule has 18 heavy (non-hydrogen) atoms. The standard InChI is InChI=1S/C16H25NO/c1-11-8-12-9-15(18)14-5-3-7-17-6-2-4-13(12)16(14,17)10-11/h8,12-15,18H,2-7,9-10H2,1H3. The van der Waals surface area contributed by atoms with Crippen molar-refractivity contribution in [2.75, 3.05) is 13.1 Å². The molecule has 2 heteroatoms. The Bertz CT molecular complexity index is 389. The molecule has 0 aromatic heterocycles. The van der Waals surface area contributed by atoms with Crippen LogP contribution in [-0.2, 0) is 0 Å². The molecule has 2 aliphatic carbocycles. The Hall–Kier alpha value is -0.340. The molecule has 4 aliphatic rings. The third-order valence-corrected chi connectivity index (χ3v) is 6.31. The lowest BCUT2D eigenvalue weighted by Crippen LogP contribution is -2.70. The van der Waals surface area contributed by atoms with E-state index in [1.165, 1.54) is 45.2 Å². The molecule has 4 rings (SSSR count). The molecule has 0 radical (unpaired) electrons. The van der Waals surface area contributed by atoms with Gasteiger partial charge in [0.15, 0.2) is 0 Å². The zero-order valence-corrected chi connectivity index (χ0v) is 11.4. The van der Waals surface area contributed by atoms with Gasteiger partial charge in [-0.1, -0.05) is 11.6 Å². The van der Waals surface area contributed by atoms with Crippen LogP contribution in [0, 0.1) is 17.8 Å². The average Bonchev–Trinajstić information content (AvgIpc) is 2.33. The molecule has 3 fully saturated rings. The molecule has 1 saturated carbocycles. The first-order valence-corrected chi connectivity index (χ1v) is 7.82. The van der Waals surface area contributed by atoms with Gasteiger partial charge in [0.2, 0.25) is 0 Å². The van der Waals surface area contributed by atoms with Gasteiger partial charge in [0, 0.05) is 11.5 Å². The summed E-state index contributed by atoms with van der Waals surface area (Å²) in [6.07, 6.45) is 10.0. The molecular weight excluding hydrogens is 222 g/mol. The highest BCUT2D eigenvalue weighted by Gasteiger charge is 2.60. The molecule has 2 aliphatic heterocycles. The first-order chi connectivity index (χ1) is 8.72. The van der Waals surface area contributed by atoms with E-state index < -0.39 is 0 Å². The Kier molecular flexibility index (Phi) is 2.44. The molecule has 2 nitrogen and oxygen atoms in total. The van der Waals surface area contributed by atoms with E-state index in [1.807, 2.05) is 0 Å². The van der Waals surface area contributed by atoms with Crippen LogP contribution in [-0.4, -0.2) is 34.7 Å². The number of piperidine rings is 2. The first-order valence-electron chi connectivity index (χ1n) is 7.82. The van der Waals surface area contributed by atoms with E-state index >= 15 is 0 Å². The van der Waals surface area contributed by atoms with Crippen molar-refractivity contribution in [3.05, 3.63) is 11.6 Å². The van der Waals surface area contributed by atoms with Gasteiger partial charge in [-0.2, -0.15) is 0 Å². The quantitative estimate of drug-likeness (QED) is 0.665. The lowest BCUT2D eigenvalue weighted by atomic mass is 9.50. The molecular formula is C16H25NO. The van der Waals surface area contributed by atoms with Crippen molar-refractivity contribution in [1.29, 1.82) is 0 Å². The number of aliphatic hydroxyl groups excluding tert-OH is 1. The van der Waals surface area contributed by atoms with Gasteiger partial charge in [-0.3, -0.25) is 4.90 Å². The summed E-state index contributed by atoms with van der Waals surface area (Å²) in [7, 11) is 0. The number of nitrogens with zero attached hydrogens (tertiary/aromatic N) is 1. The first kappa shape index (κ1) is 11.5. The molecule has 0 aromatic rings. The lowest BCUT2D eigenvalue weighted by molar-refractivity contribution is -0.162. The number of hydrogen-bond acceptors (Lipinski definition) is 2. The summed E-state index contributed by atoms with van der Waals surface area (Å²) in [6, 6.07) is 0. The number of hydrogen-bond donors (Lipinski definition) is 1. The zero-order valence-electron chi connectivity index (χ0n) is 11.4. The smallest absolute Gasteiger partial charge is 0.0592 e. The molecule has 0 amide bonds. The Balaban J connectivity index is 1.85. The van der Waals surface area contributed by atoms with E-state index in [-0.39, 0.29) is 6.10 Å². The predicted octanol–water partition coefficient (Wildman–Crippen LogP) is 2.58. The van der Waals surface area contributed by atoms with E-state index in [0.717, 1.165) is 12.3 Å². The molecule has 1 N–H and O–H groups in total. The highest BCUT2D eigenvalue weighted by molar-refractivity contribution is 5.25. The van der Waals surface area contributed by atoms with Crippen molar-refractivity contribution in [3.63, 3.8) is 0 Å². The zero-order chi connectivity index (χ0) is 12.3. The largest absolute Gasteiger partial charge is 0.393 e. The second-order valence-electron chi connectivity index (χ2n) is 7.13. The fraction of sp³-hybridized carbons (Fsp3) is 0.875. The van der Waals surface area contributed by atoms with Gasteiger partial charge < -0.3 is 5.11 Å². The van der Waals surface area contributed by atoms with Crippen molar-refractivity contribution >= 4 is 0 Å². The Morgan fingerprint density at radius 2 is 1.94 bits per heavy atom. The van der Waals surface area contributed by atoms with Gasteiger partial charge in [-0.05, 0) is 70.4 Å². The van der Waals surface area contributed by atoms with Crippen LogP contribution < -0.4 is 0 Å². The second kappa shape index (κ2) is 3.83. The Morgan fingerprint density at radius 3 is 2.72 bits per heavy atom. The molecule has 2 saturated heterocycles. The third-order valence-electron chi connectivity index (χ3n) is 6.31. The van der Waals surface area contributed by atoms with Gasteiger partial charge >= 0.3 is 0 Å². The van der Waals surface area contributed by atoms with Crippen LogP contribution in [0.1, 0.15) is 45.4 Å². The number of aliphatic hydroxyl groups is 1. The van der Waals surface area contributed by atoms with Gasteiger partial charge in [-0.25, -0.2) is 0 Å². The normalized spacial score (nSPS) is 51.6. The fourth-order valence-corrected chi connectivity index (χ4v) is 5.92. The van der Waals surface area contributed by atoms with E-state index in [1.54, 1.807) is 5.57 Å². The monoisotopic (exact) mass is 247 g/mol. The molecule has 2 heterocycles. The molecule has 5 unspecified atom stereocenters. The van der Waals surface area contributed by atoms with Crippen LogP contribution in [0.15, 0.2) is 11.6 Å². The van der Waals surface area contributed by atoms with E-state index in [0.29, 0.717) is 17.4 Å². The van der Waals surface area contributed by atoms with Gasteiger partial charge in [0.05, 0.1) is 6.10 Å². The van der Waals surface area contributed by atoms with Crippen LogP contribution >= 0.6 is 0 Å². The van der Waals surface area contributed by atoms with Crippen molar-refractivity contribution in [2.24, 2.45) is 17.8 Å². The minimum Gasteiger partial charge on any atom is -0.393 e. The van der Waals surface area contributed by atoms with Crippen molar-refractivity contribution in [3.8, 4) is 0 Å². The summed E-state index contributed by atoms with van der Waals surface area (Å²) >= 11 is 0. The average molecular weight is 247 g/mol. The Labute approximate surface area is 110 Å². The minimum atomic E-state index is -0.0449. The highest BCUT2D eigenvalue weighted by Crippen LogP contribution is 2.58. The maximum absolute atomic E-state index is 10.6. The topological polar surface area (TPSA) is 23.5 Å².